The van der Waals surface area contributed by atoms with Crippen molar-refractivity contribution in [3.8, 4) is 11.8 Å². The van der Waals surface area contributed by atoms with E-state index in [9.17, 15) is 27.6 Å². The Morgan fingerprint density at radius 2 is 1.78 bits per heavy atom. The van der Waals surface area contributed by atoms with Gasteiger partial charge in [-0.15, -0.1) is 5.10 Å². The summed E-state index contributed by atoms with van der Waals surface area (Å²) in [5.41, 5.74) is -0.0536. The van der Waals surface area contributed by atoms with Crippen LogP contribution < -0.4 is 25.5 Å². The van der Waals surface area contributed by atoms with Crippen LogP contribution in [0.1, 0.15) is 74.1 Å². The van der Waals surface area contributed by atoms with Crippen molar-refractivity contribution in [3.63, 3.8) is 0 Å². The predicted molar refractivity (Wildman–Crippen MR) is 196 cm³/mol. The summed E-state index contributed by atoms with van der Waals surface area (Å²) in [5.74, 6) is 1.44. The van der Waals surface area contributed by atoms with Gasteiger partial charge in [-0.3, -0.25) is 19.8 Å². The summed E-state index contributed by atoms with van der Waals surface area (Å²) in [5, 5.41) is 15.5. The maximum absolute atomic E-state index is 13.4. The molecule has 1 atom stereocenters. The second-order valence-corrected chi connectivity index (χ2v) is 13.7. The molecule has 286 valence electrons. The van der Waals surface area contributed by atoms with Gasteiger partial charge in [-0.1, -0.05) is 25.5 Å². The number of nitrogens with zero attached hydrogens (tertiary/aromatic N) is 8. The van der Waals surface area contributed by atoms with Crippen LogP contribution in [0, 0.1) is 11.3 Å². The molecule has 2 aromatic heterocycles. The molecule has 2 aliphatic rings. The molecular formula is C38H44F3N9O4. The summed E-state index contributed by atoms with van der Waals surface area (Å²) < 4.78 is 48.8. The highest BCUT2D eigenvalue weighted by Gasteiger charge is 2.34. The average Bonchev–Trinajstić information content (AvgIpc) is 3.51. The fraction of sp³-hybridized carbons (Fsp3) is 0.474. The van der Waals surface area contributed by atoms with Gasteiger partial charge in [0, 0.05) is 51.2 Å². The molecule has 0 bridgehead atoms. The van der Waals surface area contributed by atoms with Crippen LogP contribution in [0.3, 0.4) is 0 Å². The third kappa shape index (κ3) is 8.84. The third-order valence-electron chi connectivity index (χ3n) is 10.2. The molecule has 0 spiro atoms. The van der Waals surface area contributed by atoms with Crippen molar-refractivity contribution in [2.75, 3.05) is 62.2 Å². The SMILES string of the molecule is CCCC(C(=O)NC=O)n1nc2nc(N3CCN(CCCCOc4ccc(C5CCN(c6ccc(C#N)c(C(F)(F)F)c6)CC5)cc4)CC3)ccn2c1=O. The Kier molecular flexibility index (Phi) is 12.2. The lowest BCUT2D eigenvalue weighted by molar-refractivity contribution is -0.137. The van der Waals surface area contributed by atoms with Gasteiger partial charge in [0.1, 0.15) is 17.6 Å². The molecule has 1 N–H and O–H groups in total. The zero-order valence-electron chi connectivity index (χ0n) is 30.2. The highest BCUT2D eigenvalue weighted by atomic mass is 19.4. The fourth-order valence-electron chi connectivity index (χ4n) is 7.24. The molecule has 2 amide bonds. The lowest BCUT2D eigenvalue weighted by Gasteiger charge is -2.35. The van der Waals surface area contributed by atoms with Gasteiger partial charge < -0.3 is 14.5 Å². The second kappa shape index (κ2) is 17.1. The number of halogens is 3. The molecule has 2 aromatic carbocycles. The minimum atomic E-state index is -4.57. The second-order valence-electron chi connectivity index (χ2n) is 13.7. The van der Waals surface area contributed by atoms with E-state index in [1.165, 1.54) is 16.0 Å². The molecule has 2 fully saturated rings. The fourth-order valence-corrected chi connectivity index (χ4v) is 7.24. The number of imide groups is 1. The van der Waals surface area contributed by atoms with E-state index in [0.717, 1.165) is 74.9 Å². The molecule has 1 unspecified atom stereocenters. The van der Waals surface area contributed by atoms with E-state index in [2.05, 4.69) is 37.3 Å². The first-order chi connectivity index (χ1) is 26.1. The van der Waals surface area contributed by atoms with Crippen molar-refractivity contribution in [3.05, 3.63) is 81.9 Å². The van der Waals surface area contributed by atoms with Crippen molar-refractivity contribution in [1.82, 2.24) is 29.4 Å². The van der Waals surface area contributed by atoms with E-state index in [1.807, 2.05) is 24.0 Å². The van der Waals surface area contributed by atoms with Crippen molar-refractivity contribution in [1.29, 1.82) is 5.26 Å². The van der Waals surface area contributed by atoms with Gasteiger partial charge in [-0.25, -0.2) is 9.20 Å². The number of anilines is 2. The van der Waals surface area contributed by atoms with Crippen molar-refractivity contribution in [2.45, 2.75) is 63.6 Å². The number of rotatable bonds is 14. The Hall–Kier alpha value is -5.43. The van der Waals surface area contributed by atoms with Crippen molar-refractivity contribution in [2.24, 2.45) is 0 Å². The van der Waals surface area contributed by atoms with Crippen LogP contribution in [0.4, 0.5) is 24.7 Å². The van der Waals surface area contributed by atoms with Crippen LogP contribution in [0.2, 0.25) is 0 Å². The highest BCUT2D eigenvalue weighted by Crippen LogP contribution is 2.36. The number of amides is 2. The minimum Gasteiger partial charge on any atom is -0.494 e. The molecule has 6 rings (SSSR count). The topological polar surface area (TPSA) is 141 Å². The number of hydrogen-bond donors (Lipinski definition) is 1. The van der Waals surface area contributed by atoms with Crippen molar-refractivity contribution < 1.29 is 27.5 Å². The average molecular weight is 748 g/mol. The van der Waals surface area contributed by atoms with E-state index in [0.29, 0.717) is 56.4 Å². The molecule has 4 heterocycles. The summed E-state index contributed by atoms with van der Waals surface area (Å²) in [6.07, 6.45) is 1.86. The minimum absolute atomic E-state index is 0.199. The number of piperazine rings is 1. The number of unbranched alkanes of at least 4 members (excludes halogenated alkanes) is 1. The molecule has 16 heteroatoms. The Morgan fingerprint density at radius 3 is 2.44 bits per heavy atom. The van der Waals surface area contributed by atoms with E-state index in [4.69, 9.17) is 10.00 Å². The molecule has 2 saturated heterocycles. The lowest BCUT2D eigenvalue weighted by atomic mass is 9.89. The van der Waals surface area contributed by atoms with E-state index in [-0.39, 0.29) is 11.3 Å². The number of carbonyl (C=O) groups excluding carboxylic acids is 2. The Labute approximate surface area is 310 Å². The van der Waals surface area contributed by atoms with E-state index >= 15 is 0 Å². The molecular weight excluding hydrogens is 703 g/mol. The van der Waals surface area contributed by atoms with E-state index < -0.39 is 29.4 Å². The van der Waals surface area contributed by atoms with Gasteiger partial charge in [0.15, 0.2) is 0 Å². The molecule has 0 radical (unpaired) electrons. The summed E-state index contributed by atoms with van der Waals surface area (Å²) in [6, 6.07) is 14.6. The number of nitrogens with one attached hydrogen (secondary N) is 1. The van der Waals surface area contributed by atoms with Gasteiger partial charge in [0.25, 0.3) is 11.7 Å². The Morgan fingerprint density at radius 1 is 1.04 bits per heavy atom. The van der Waals surface area contributed by atoms with Gasteiger partial charge >= 0.3 is 11.9 Å². The van der Waals surface area contributed by atoms with Crippen LogP contribution in [0.15, 0.2) is 59.5 Å². The number of piperidine rings is 1. The number of alkyl halides is 3. The number of fused-ring (bicyclic) bond motifs is 1. The zero-order valence-corrected chi connectivity index (χ0v) is 30.2. The first-order valence-corrected chi connectivity index (χ1v) is 18.4. The monoisotopic (exact) mass is 747 g/mol. The smallest absolute Gasteiger partial charge is 0.417 e. The number of carbonyl (C=O) groups is 2. The van der Waals surface area contributed by atoms with Crippen LogP contribution in [-0.4, -0.2) is 88.8 Å². The number of aromatic nitrogens is 4. The lowest BCUT2D eigenvalue weighted by Crippen LogP contribution is -2.47. The molecule has 4 aromatic rings. The van der Waals surface area contributed by atoms with Gasteiger partial charge in [0.2, 0.25) is 6.41 Å². The summed E-state index contributed by atoms with van der Waals surface area (Å²) in [4.78, 5) is 47.3. The van der Waals surface area contributed by atoms with Gasteiger partial charge in [-0.05, 0) is 86.5 Å². The Balaban J connectivity index is 0.907. The first kappa shape index (κ1) is 38.3. The molecule has 54 heavy (non-hydrogen) atoms. The van der Waals surface area contributed by atoms with Crippen LogP contribution in [0.5, 0.6) is 5.75 Å². The summed E-state index contributed by atoms with van der Waals surface area (Å²) in [7, 11) is 0. The molecule has 2 aliphatic heterocycles. The molecule has 13 nitrogen and oxygen atoms in total. The largest absolute Gasteiger partial charge is 0.494 e. The zero-order chi connectivity index (χ0) is 38.2. The quantitative estimate of drug-likeness (QED) is 0.142. The normalized spacial score (nSPS) is 16.3. The molecule has 0 aliphatic carbocycles. The van der Waals surface area contributed by atoms with E-state index in [1.54, 1.807) is 24.4 Å². The van der Waals surface area contributed by atoms with Crippen molar-refractivity contribution >= 4 is 29.6 Å². The predicted octanol–water partition coefficient (Wildman–Crippen LogP) is 4.76. The van der Waals surface area contributed by atoms with Crippen LogP contribution >= 0.6 is 0 Å². The van der Waals surface area contributed by atoms with Crippen LogP contribution in [-0.2, 0) is 15.8 Å². The molecule has 0 saturated carbocycles. The van der Waals surface area contributed by atoms with Gasteiger partial charge in [0.05, 0.1) is 23.8 Å². The Bertz CT molecular complexity index is 2010. The van der Waals surface area contributed by atoms with Gasteiger partial charge in [-0.2, -0.15) is 28.1 Å². The van der Waals surface area contributed by atoms with Crippen LogP contribution in [0.25, 0.3) is 5.78 Å². The first-order valence-electron chi connectivity index (χ1n) is 18.4. The number of ether oxygens (including phenoxy) is 1. The number of hydrogen-bond acceptors (Lipinski definition) is 10. The third-order valence-corrected chi connectivity index (χ3v) is 10.2. The standard InChI is InChI=1S/C38H44F3N9O4/c1-2-5-33(35(52)43-26-51)50-37(53)49-18-14-34(44-36(49)45-50)48-21-19-46(20-22-48)15-3-4-23-54-31-10-7-27(8-11-31)28-12-16-47(17-13-28)30-9-6-29(25-42)32(24-30)38(39,40)41/h6-11,14,18,24,26,28,33H,2-5,12-13,15-17,19-23H2,1H3,(H,43,51,52). The summed E-state index contributed by atoms with van der Waals surface area (Å²) >= 11 is 0. The highest BCUT2D eigenvalue weighted by molar-refractivity contribution is 5.88. The maximum Gasteiger partial charge on any atom is 0.417 e. The summed E-state index contributed by atoms with van der Waals surface area (Å²) in [6.45, 7) is 7.97. The number of nitriles is 1. The maximum atomic E-state index is 13.4. The number of benzene rings is 2.